The number of hydrogen-bond acceptors (Lipinski definition) is 6. The molecule has 0 atom stereocenters. The first-order valence-corrected chi connectivity index (χ1v) is 9.94. The summed E-state index contributed by atoms with van der Waals surface area (Å²) in [6, 6.07) is 11.5. The van der Waals surface area contributed by atoms with Gasteiger partial charge in [-0.2, -0.15) is 0 Å². The quantitative estimate of drug-likeness (QED) is 0.681. The highest BCUT2D eigenvalue weighted by molar-refractivity contribution is 7.21. The number of piperidine rings is 1. The minimum Gasteiger partial charge on any atom is -0.448 e. The first-order chi connectivity index (χ1) is 13.2. The van der Waals surface area contributed by atoms with E-state index in [1.807, 2.05) is 30.3 Å². The third-order valence-corrected chi connectivity index (χ3v) is 6.12. The summed E-state index contributed by atoms with van der Waals surface area (Å²) in [6.07, 6.45) is 1.96. The first-order valence-electron chi connectivity index (χ1n) is 9.13. The Balaban J connectivity index is 1.45. The summed E-state index contributed by atoms with van der Waals surface area (Å²) in [5, 5.41) is 7.17. The van der Waals surface area contributed by atoms with Crippen molar-refractivity contribution < 1.29 is 13.9 Å². The zero-order valence-electron chi connectivity index (χ0n) is 15.3. The molecule has 0 bridgehead atoms. The number of nitrogens with one attached hydrogen (secondary N) is 2. The highest BCUT2D eigenvalue weighted by Gasteiger charge is 2.32. The Morgan fingerprint density at radius 3 is 2.89 bits per heavy atom. The molecule has 7 heteroatoms. The van der Waals surface area contributed by atoms with Gasteiger partial charge < -0.3 is 19.8 Å². The van der Waals surface area contributed by atoms with Crippen LogP contribution in [0.5, 0.6) is 0 Å². The highest BCUT2D eigenvalue weighted by atomic mass is 32.1. The third-order valence-electron chi connectivity index (χ3n) is 5.07. The van der Waals surface area contributed by atoms with E-state index in [9.17, 15) is 4.79 Å². The van der Waals surface area contributed by atoms with E-state index in [1.54, 1.807) is 24.5 Å². The number of ether oxygens (including phenoxy) is 1. The molecule has 0 saturated carbocycles. The number of benzene rings is 1. The molecule has 142 valence electrons. The zero-order valence-corrected chi connectivity index (χ0v) is 16.1. The second kappa shape index (κ2) is 7.80. The zero-order chi connectivity index (χ0) is 18.7. The number of thiazole rings is 1. The molecule has 1 aromatic carbocycles. The second-order valence-corrected chi connectivity index (χ2v) is 8.05. The Morgan fingerprint density at radius 2 is 2.11 bits per heavy atom. The number of hydrogen-bond donors (Lipinski definition) is 2. The number of furan rings is 1. The van der Waals surface area contributed by atoms with E-state index in [2.05, 4.69) is 15.6 Å². The van der Waals surface area contributed by atoms with Gasteiger partial charge in [0.15, 0.2) is 16.5 Å². The van der Waals surface area contributed by atoms with Crippen LogP contribution in [0.25, 0.3) is 21.0 Å². The lowest BCUT2D eigenvalue weighted by Crippen LogP contribution is -2.47. The van der Waals surface area contributed by atoms with E-state index in [1.165, 1.54) is 0 Å². The molecule has 4 rings (SSSR count). The predicted molar refractivity (Wildman–Crippen MR) is 106 cm³/mol. The van der Waals surface area contributed by atoms with Crippen molar-refractivity contribution in [1.29, 1.82) is 0 Å². The Bertz CT molecular complexity index is 889. The number of methoxy groups -OCH3 is 1. The Labute approximate surface area is 161 Å². The summed E-state index contributed by atoms with van der Waals surface area (Å²) in [5.74, 6) is 0.733. The van der Waals surface area contributed by atoms with E-state index >= 15 is 0 Å². The van der Waals surface area contributed by atoms with Crippen LogP contribution in [0.1, 0.15) is 23.4 Å². The van der Waals surface area contributed by atoms with Crippen molar-refractivity contribution in [2.75, 3.05) is 33.4 Å². The average molecular weight is 385 g/mol. The number of aromatic nitrogens is 1. The van der Waals surface area contributed by atoms with Crippen molar-refractivity contribution in [2.24, 2.45) is 5.41 Å². The van der Waals surface area contributed by atoms with Crippen LogP contribution >= 0.6 is 11.3 Å². The molecule has 2 aromatic heterocycles. The molecule has 1 aliphatic heterocycles. The molecule has 1 amide bonds. The van der Waals surface area contributed by atoms with Gasteiger partial charge >= 0.3 is 0 Å². The molecule has 6 nitrogen and oxygen atoms in total. The van der Waals surface area contributed by atoms with Gasteiger partial charge in [-0.3, -0.25) is 4.79 Å². The number of rotatable bonds is 6. The maximum absolute atomic E-state index is 12.6. The minimum atomic E-state index is -0.198. The lowest BCUT2D eigenvalue weighted by Gasteiger charge is -2.37. The van der Waals surface area contributed by atoms with Gasteiger partial charge in [0.05, 0.1) is 16.8 Å². The molecule has 3 heterocycles. The number of fused-ring (bicyclic) bond motifs is 1. The van der Waals surface area contributed by atoms with Crippen molar-refractivity contribution in [3.8, 4) is 10.8 Å². The van der Waals surface area contributed by atoms with Gasteiger partial charge in [0.1, 0.15) is 0 Å². The summed E-state index contributed by atoms with van der Waals surface area (Å²) in [6.45, 7) is 3.12. The van der Waals surface area contributed by atoms with Crippen LogP contribution in [0.2, 0.25) is 0 Å². The highest BCUT2D eigenvalue weighted by Crippen LogP contribution is 2.31. The van der Waals surface area contributed by atoms with Crippen molar-refractivity contribution in [1.82, 2.24) is 15.6 Å². The SMILES string of the molecule is COCC1(CNC(=O)c2ccc(-c3nc4ccccc4s3)o2)CCNCC1. The Kier molecular flexibility index (Phi) is 5.24. The summed E-state index contributed by atoms with van der Waals surface area (Å²) >= 11 is 1.56. The van der Waals surface area contributed by atoms with Gasteiger partial charge in [0.25, 0.3) is 5.91 Å². The molecule has 0 spiro atoms. The summed E-state index contributed by atoms with van der Waals surface area (Å²) < 4.78 is 12.3. The second-order valence-electron chi connectivity index (χ2n) is 7.02. The lowest BCUT2D eigenvalue weighted by molar-refractivity contribution is 0.0506. The van der Waals surface area contributed by atoms with Crippen molar-refractivity contribution in [3.63, 3.8) is 0 Å². The smallest absolute Gasteiger partial charge is 0.287 e. The predicted octanol–water partition coefficient (Wildman–Crippen LogP) is 3.30. The number of carbonyl (C=O) groups is 1. The summed E-state index contributed by atoms with van der Waals surface area (Å²) in [4.78, 5) is 17.2. The molecular weight excluding hydrogens is 362 g/mol. The largest absolute Gasteiger partial charge is 0.448 e. The molecule has 2 N–H and O–H groups in total. The van der Waals surface area contributed by atoms with Crippen LogP contribution in [0.4, 0.5) is 0 Å². The minimum absolute atomic E-state index is 0.0158. The van der Waals surface area contributed by atoms with E-state index in [4.69, 9.17) is 9.15 Å². The Morgan fingerprint density at radius 1 is 1.30 bits per heavy atom. The third kappa shape index (κ3) is 3.90. The monoisotopic (exact) mass is 385 g/mol. The van der Waals surface area contributed by atoms with Crippen LogP contribution in [0, 0.1) is 5.41 Å². The molecule has 0 unspecified atom stereocenters. The van der Waals surface area contributed by atoms with E-state index in [0.29, 0.717) is 24.7 Å². The number of amides is 1. The topological polar surface area (TPSA) is 76.4 Å². The van der Waals surface area contributed by atoms with E-state index in [-0.39, 0.29) is 11.3 Å². The van der Waals surface area contributed by atoms with Crippen LogP contribution in [0.15, 0.2) is 40.8 Å². The molecule has 27 heavy (non-hydrogen) atoms. The number of nitrogens with zero attached hydrogens (tertiary/aromatic N) is 1. The first kappa shape index (κ1) is 18.2. The number of carbonyl (C=O) groups excluding carboxylic acids is 1. The Hall–Kier alpha value is -2.22. The van der Waals surface area contributed by atoms with Gasteiger partial charge in [0, 0.05) is 19.1 Å². The normalized spacial score (nSPS) is 16.5. The van der Waals surface area contributed by atoms with Crippen LogP contribution in [0.3, 0.4) is 0 Å². The van der Waals surface area contributed by atoms with Crippen LogP contribution in [-0.2, 0) is 4.74 Å². The molecule has 0 aliphatic carbocycles. The van der Waals surface area contributed by atoms with Gasteiger partial charge in [-0.15, -0.1) is 11.3 Å². The van der Waals surface area contributed by atoms with Gasteiger partial charge in [0.2, 0.25) is 0 Å². The van der Waals surface area contributed by atoms with Crippen LogP contribution < -0.4 is 10.6 Å². The van der Waals surface area contributed by atoms with Crippen LogP contribution in [-0.4, -0.2) is 44.2 Å². The molecule has 0 radical (unpaired) electrons. The summed E-state index contributed by atoms with van der Waals surface area (Å²) in [7, 11) is 1.71. The molecule has 1 aliphatic rings. The molecule has 1 fully saturated rings. The molecule has 1 saturated heterocycles. The summed E-state index contributed by atoms with van der Waals surface area (Å²) in [5.41, 5.74) is 0.922. The lowest BCUT2D eigenvalue weighted by atomic mass is 9.79. The van der Waals surface area contributed by atoms with Crippen molar-refractivity contribution in [3.05, 3.63) is 42.2 Å². The fourth-order valence-corrected chi connectivity index (χ4v) is 4.47. The maximum atomic E-state index is 12.6. The van der Waals surface area contributed by atoms with E-state index in [0.717, 1.165) is 41.2 Å². The fourth-order valence-electron chi connectivity index (χ4n) is 3.54. The van der Waals surface area contributed by atoms with Gasteiger partial charge in [-0.05, 0) is 50.2 Å². The van der Waals surface area contributed by atoms with Crippen molar-refractivity contribution in [2.45, 2.75) is 12.8 Å². The maximum Gasteiger partial charge on any atom is 0.287 e. The molecular formula is C20H23N3O3S. The van der Waals surface area contributed by atoms with E-state index < -0.39 is 0 Å². The number of para-hydroxylation sites is 1. The van der Waals surface area contributed by atoms with Gasteiger partial charge in [-0.25, -0.2) is 4.98 Å². The van der Waals surface area contributed by atoms with Crippen molar-refractivity contribution >= 4 is 27.5 Å². The molecule has 3 aromatic rings. The fraction of sp³-hybridized carbons (Fsp3) is 0.400. The average Bonchev–Trinajstić information content (AvgIpc) is 3.34. The van der Waals surface area contributed by atoms with Gasteiger partial charge in [-0.1, -0.05) is 12.1 Å². The standard InChI is InChI=1S/C20H23N3O3S/c1-25-13-20(8-10-21-11-9-20)12-22-18(24)15-6-7-16(26-15)19-23-14-4-2-3-5-17(14)27-19/h2-7,21H,8-13H2,1H3,(H,22,24).